The largest absolute Gasteiger partial charge is 0.396 e. The molecule has 1 heterocycles. The van der Waals surface area contributed by atoms with E-state index < -0.39 is 0 Å². The van der Waals surface area contributed by atoms with Gasteiger partial charge in [-0.1, -0.05) is 13.8 Å². The predicted octanol–water partition coefficient (Wildman–Crippen LogP) is 0.960. The van der Waals surface area contributed by atoms with E-state index in [1.54, 1.807) is 10.7 Å². The summed E-state index contributed by atoms with van der Waals surface area (Å²) in [6.45, 7) is 8.75. The Morgan fingerprint density at radius 3 is 2.76 bits per heavy atom. The number of hydrogen-bond donors (Lipinski definition) is 2. The molecule has 0 saturated carbocycles. The second-order valence-corrected chi connectivity index (χ2v) is 4.99. The number of aromatic nitrogens is 2. The van der Waals surface area contributed by atoms with Crippen LogP contribution in [-0.4, -0.2) is 33.9 Å². The van der Waals surface area contributed by atoms with Gasteiger partial charge >= 0.3 is 0 Å². The number of nitrogens with zero attached hydrogens (tertiary/aromatic N) is 2. The third-order valence-electron chi connectivity index (χ3n) is 2.59. The topological polar surface area (TPSA) is 67.2 Å². The van der Waals surface area contributed by atoms with E-state index in [1.807, 2.05) is 27.7 Å². The van der Waals surface area contributed by atoms with Crippen molar-refractivity contribution in [3.63, 3.8) is 0 Å². The number of aryl methyl sites for hydroxylation is 2. The van der Waals surface area contributed by atoms with Crippen molar-refractivity contribution in [1.29, 1.82) is 0 Å². The summed E-state index contributed by atoms with van der Waals surface area (Å²) in [6, 6.07) is 1.77. The summed E-state index contributed by atoms with van der Waals surface area (Å²) < 4.78 is 1.68. The number of aliphatic hydroxyl groups is 1. The molecule has 0 aromatic carbocycles. The Balaban J connectivity index is 2.70. The molecular weight excluding hydrogens is 218 g/mol. The lowest BCUT2D eigenvalue weighted by Crippen LogP contribution is -2.36. The minimum absolute atomic E-state index is 0.0410. The summed E-state index contributed by atoms with van der Waals surface area (Å²) in [7, 11) is 0. The summed E-state index contributed by atoms with van der Waals surface area (Å²) in [4.78, 5) is 11.9. The van der Waals surface area contributed by atoms with Gasteiger partial charge in [0, 0.05) is 25.1 Å². The molecule has 0 bridgehead atoms. The van der Waals surface area contributed by atoms with Gasteiger partial charge in [0.2, 0.25) is 0 Å². The average Bonchev–Trinajstić information content (AvgIpc) is 2.67. The summed E-state index contributed by atoms with van der Waals surface area (Å²) in [6.07, 6.45) is 0. The summed E-state index contributed by atoms with van der Waals surface area (Å²) in [5, 5.41) is 16.2. The van der Waals surface area contributed by atoms with Crippen LogP contribution in [-0.2, 0) is 6.54 Å². The molecule has 17 heavy (non-hydrogen) atoms. The van der Waals surface area contributed by atoms with Crippen LogP contribution < -0.4 is 5.32 Å². The lowest BCUT2D eigenvalue weighted by Gasteiger charge is -2.21. The van der Waals surface area contributed by atoms with Crippen LogP contribution in [0.5, 0.6) is 0 Å². The van der Waals surface area contributed by atoms with Crippen molar-refractivity contribution in [3.05, 3.63) is 17.5 Å². The van der Waals surface area contributed by atoms with E-state index >= 15 is 0 Å². The quantitative estimate of drug-likeness (QED) is 0.804. The van der Waals surface area contributed by atoms with Gasteiger partial charge in [0.25, 0.3) is 5.91 Å². The molecule has 0 unspecified atom stereocenters. The number of rotatable bonds is 5. The van der Waals surface area contributed by atoms with Gasteiger partial charge in [0.1, 0.15) is 5.69 Å². The van der Waals surface area contributed by atoms with Crippen LogP contribution in [0.4, 0.5) is 0 Å². The van der Waals surface area contributed by atoms with Gasteiger partial charge in [-0.25, -0.2) is 0 Å². The van der Waals surface area contributed by atoms with E-state index in [-0.39, 0.29) is 17.9 Å². The molecule has 0 spiro atoms. The first-order chi connectivity index (χ1) is 7.89. The number of carbonyl (C=O) groups is 1. The Morgan fingerprint density at radius 2 is 2.24 bits per heavy atom. The van der Waals surface area contributed by atoms with Crippen molar-refractivity contribution in [1.82, 2.24) is 15.1 Å². The molecule has 5 nitrogen and oxygen atoms in total. The standard InChI is InChI=1S/C12H21N3O2/c1-5-15-10(6-9(2)14-15)11(17)13-7-12(3,4)8-16/h6,16H,5,7-8H2,1-4H3,(H,13,17). The zero-order chi connectivity index (χ0) is 13.1. The smallest absolute Gasteiger partial charge is 0.269 e. The molecule has 0 atom stereocenters. The maximum atomic E-state index is 11.9. The van der Waals surface area contributed by atoms with Crippen LogP contribution in [0.3, 0.4) is 0 Å². The van der Waals surface area contributed by atoms with E-state index in [1.165, 1.54) is 0 Å². The van der Waals surface area contributed by atoms with E-state index in [0.717, 1.165) is 5.69 Å². The van der Waals surface area contributed by atoms with E-state index in [0.29, 0.717) is 18.8 Å². The molecule has 5 heteroatoms. The predicted molar refractivity (Wildman–Crippen MR) is 65.8 cm³/mol. The molecule has 1 aromatic heterocycles. The first kappa shape index (κ1) is 13.7. The Kier molecular flexibility index (Phi) is 4.28. The van der Waals surface area contributed by atoms with Crippen LogP contribution in [0, 0.1) is 12.3 Å². The molecule has 2 N–H and O–H groups in total. The fourth-order valence-electron chi connectivity index (χ4n) is 1.44. The molecule has 0 radical (unpaired) electrons. The Labute approximate surface area is 102 Å². The second-order valence-electron chi connectivity index (χ2n) is 4.99. The van der Waals surface area contributed by atoms with Gasteiger partial charge in [-0.2, -0.15) is 5.10 Å². The fourth-order valence-corrected chi connectivity index (χ4v) is 1.44. The lowest BCUT2D eigenvalue weighted by atomic mass is 9.95. The Morgan fingerprint density at radius 1 is 1.59 bits per heavy atom. The molecule has 0 fully saturated rings. The number of hydrogen-bond acceptors (Lipinski definition) is 3. The van der Waals surface area contributed by atoms with Crippen molar-refractivity contribution in [2.24, 2.45) is 5.41 Å². The molecule has 1 rings (SSSR count). The monoisotopic (exact) mass is 239 g/mol. The Hall–Kier alpha value is -1.36. The van der Waals surface area contributed by atoms with E-state index in [9.17, 15) is 4.79 Å². The van der Waals surface area contributed by atoms with Gasteiger partial charge in [-0.15, -0.1) is 0 Å². The summed E-state index contributed by atoms with van der Waals surface area (Å²) >= 11 is 0. The third-order valence-corrected chi connectivity index (χ3v) is 2.59. The minimum atomic E-state index is -0.304. The van der Waals surface area contributed by atoms with Gasteiger partial charge in [-0.3, -0.25) is 9.48 Å². The highest BCUT2D eigenvalue weighted by Crippen LogP contribution is 2.12. The second kappa shape index (κ2) is 5.31. The first-order valence-electron chi connectivity index (χ1n) is 5.83. The molecule has 96 valence electrons. The highest BCUT2D eigenvalue weighted by Gasteiger charge is 2.19. The zero-order valence-corrected chi connectivity index (χ0v) is 10.9. The average molecular weight is 239 g/mol. The first-order valence-corrected chi connectivity index (χ1v) is 5.83. The maximum Gasteiger partial charge on any atom is 0.269 e. The molecule has 0 saturated heterocycles. The Bertz CT molecular complexity index is 396. The van der Waals surface area contributed by atoms with Gasteiger partial charge < -0.3 is 10.4 Å². The van der Waals surface area contributed by atoms with Crippen LogP contribution in [0.25, 0.3) is 0 Å². The van der Waals surface area contributed by atoms with Crippen molar-refractivity contribution >= 4 is 5.91 Å². The number of carbonyl (C=O) groups excluding carboxylic acids is 1. The molecule has 0 aliphatic carbocycles. The molecule has 0 aliphatic rings. The highest BCUT2D eigenvalue weighted by atomic mass is 16.3. The van der Waals surface area contributed by atoms with Crippen molar-refractivity contribution in [3.8, 4) is 0 Å². The van der Waals surface area contributed by atoms with Crippen LogP contribution in [0.1, 0.15) is 37.0 Å². The van der Waals surface area contributed by atoms with Crippen molar-refractivity contribution in [2.75, 3.05) is 13.2 Å². The molecule has 1 aromatic rings. The zero-order valence-electron chi connectivity index (χ0n) is 10.9. The normalized spacial score (nSPS) is 11.6. The highest BCUT2D eigenvalue weighted by molar-refractivity contribution is 5.92. The van der Waals surface area contributed by atoms with Crippen LogP contribution >= 0.6 is 0 Å². The van der Waals surface area contributed by atoms with Crippen LogP contribution in [0.2, 0.25) is 0 Å². The van der Waals surface area contributed by atoms with E-state index in [2.05, 4.69) is 10.4 Å². The van der Waals surface area contributed by atoms with E-state index in [4.69, 9.17) is 5.11 Å². The minimum Gasteiger partial charge on any atom is -0.396 e. The molecular formula is C12H21N3O2. The van der Waals surface area contributed by atoms with Gasteiger partial charge in [0.15, 0.2) is 0 Å². The van der Waals surface area contributed by atoms with Gasteiger partial charge in [-0.05, 0) is 19.9 Å². The van der Waals surface area contributed by atoms with Crippen LogP contribution in [0.15, 0.2) is 6.07 Å². The molecule has 0 aliphatic heterocycles. The SMILES string of the molecule is CCn1nc(C)cc1C(=O)NCC(C)(C)CO. The summed E-state index contributed by atoms with van der Waals surface area (Å²) in [5.74, 6) is -0.144. The van der Waals surface area contributed by atoms with Crippen molar-refractivity contribution in [2.45, 2.75) is 34.2 Å². The lowest BCUT2D eigenvalue weighted by molar-refractivity contribution is 0.0900. The number of amides is 1. The van der Waals surface area contributed by atoms with Crippen molar-refractivity contribution < 1.29 is 9.90 Å². The van der Waals surface area contributed by atoms with Gasteiger partial charge in [0.05, 0.1) is 5.69 Å². The maximum absolute atomic E-state index is 11.9. The fraction of sp³-hybridized carbons (Fsp3) is 0.667. The number of nitrogens with one attached hydrogen (secondary N) is 1. The number of aliphatic hydroxyl groups excluding tert-OH is 1. The third kappa shape index (κ3) is 3.56. The molecule has 1 amide bonds. The summed E-state index contributed by atoms with van der Waals surface area (Å²) in [5.41, 5.74) is 1.10.